The zero-order valence-corrected chi connectivity index (χ0v) is 17.1. The second-order valence-electron chi connectivity index (χ2n) is 6.00. The van der Waals surface area contributed by atoms with Crippen LogP contribution in [-0.4, -0.2) is 51.6 Å². The normalized spacial score (nSPS) is 11.7. The summed E-state index contributed by atoms with van der Waals surface area (Å²) < 4.78 is 6.75. The van der Waals surface area contributed by atoms with Crippen LogP contribution < -0.4 is 21.2 Å². The molecule has 10 heteroatoms. The maximum absolute atomic E-state index is 12.1. The van der Waals surface area contributed by atoms with Gasteiger partial charge in [-0.1, -0.05) is 18.7 Å². The molecule has 0 radical (unpaired) electrons. The quantitative estimate of drug-likeness (QED) is 0.400. The molecule has 0 fully saturated rings. The number of amides is 2. The van der Waals surface area contributed by atoms with Crippen LogP contribution in [0.3, 0.4) is 0 Å². The van der Waals surface area contributed by atoms with Crippen LogP contribution in [-0.2, 0) is 9.59 Å². The number of aromatic nitrogens is 3. The fourth-order valence-corrected chi connectivity index (χ4v) is 2.99. The van der Waals surface area contributed by atoms with Crippen molar-refractivity contribution in [3.8, 4) is 17.1 Å². The third-order valence-electron chi connectivity index (χ3n) is 3.74. The van der Waals surface area contributed by atoms with Crippen molar-refractivity contribution in [3.63, 3.8) is 0 Å². The lowest BCUT2D eigenvalue weighted by Crippen LogP contribution is -2.45. The largest absolute Gasteiger partial charge is 0.494 e. The number of nitrogens with zero attached hydrogens (tertiary/aromatic N) is 3. The van der Waals surface area contributed by atoms with Gasteiger partial charge in [-0.05, 0) is 44.5 Å². The number of nitrogens with two attached hydrogens (primary N) is 1. The Bertz CT molecular complexity index is 793. The Kier molecular flexibility index (Phi) is 8.12. The predicted octanol–water partition coefficient (Wildman–Crippen LogP) is 1.18. The van der Waals surface area contributed by atoms with Gasteiger partial charge in [-0.3, -0.25) is 9.59 Å². The minimum atomic E-state index is -0.602. The van der Waals surface area contributed by atoms with E-state index in [9.17, 15) is 9.59 Å². The molecule has 0 aliphatic rings. The predicted molar refractivity (Wildman–Crippen MR) is 108 cm³/mol. The fraction of sp³-hybridized carbons (Fsp3) is 0.444. The topological polar surface area (TPSA) is 124 Å². The van der Waals surface area contributed by atoms with Crippen molar-refractivity contribution in [2.75, 3.05) is 24.7 Å². The highest BCUT2D eigenvalue weighted by Gasteiger charge is 2.17. The van der Waals surface area contributed by atoms with E-state index in [4.69, 9.17) is 10.6 Å². The number of rotatable bonds is 10. The molecule has 1 aromatic heterocycles. The van der Waals surface area contributed by atoms with Crippen LogP contribution >= 0.6 is 11.8 Å². The van der Waals surface area contributed by atoms with Crippen LogP contribution in [0.25, 0.3) is 11.4 Å². The number of carbonyl (C=O) groups excluding carboxylic acids is 2. The molecule has 0 saturated heterocycles. The van der Waals surface area contributed by atoms with Gasteiger partial charge in [0.05, 0.1) is 12.4 Å². The highest BCUT2D eigenvalue weighted by molar-refractivity contribution is 7.99. The summed E-state index contributed by atoms with van der Waals surface area (Å²) in [5, 5.41) is 13.9. The van der Waals surface area contributed by atoms with E-state index in [1.54, 1.807) is 6.92 Å². The molecule has 2 amide bonds. The maximum atomic E-state index is 12.1. The number of benzene rings is 1. The zero-order chi connectivity index (χ0) is 20.5. The summed E-state index contributed by atoms with van der Waals surface area (Å²) in [6, 6.07) is 6.75. The highest BCUT2D eigenvalue weighted by Crippen LogP contribution is 2.23. The van der Waals surface area contributed by atoms with Gasteiger partial charge >= 0.3 is 0 Å². The molecule has 0 bridgehead atoms. The summed E-state index contributed by atoms with van der Waals surface area (Å²) in [5.41, 5.74) is 0.788. The van der Waals surface area contributed by atoms with E-state index in [-0.39, 0.29) is 17.6 Å². The summed E-state index contributed by atoms with van der Waals surface area (Å²) in [4.78, 5) is 23.9. The van der Waals surface area contributed by atoms with Gasteiger partial charge in [0.1, 0.15) is 11.8 Å². The Balaban J connectivity index is 1.91. The molecule has 9 nitrogen and oxygen atoms in total. The molecule has 0 unspecified atom stereocenters. The van der Waals surface area contributed by atoms with Gasteiger partial charge in [0.25, 0.3) is 0 Å². The summed E-state index contributed by atoms with van der Waals surface area (Å²) in [6.07, 6.45) is 0.838. The molecule has 2 rings (SSSR count). The monoisotopic (exact) mass is 406 g/mol. The number of nitrogens with one attached hydrogen (secondary N) is 2. The zero-order valence-electron chi connectivity index (χ0n) is 16.3. The van der Waals surface area contributed by atoms with E-state index in [2.05, 4.69) is 20.8 Å². The second-order valence-corrected chi connectivity index (χ2v) is 6.94. The van der Waals surface area contributed by atoms with Crippen molar-refractivity contribution in [2.45, 2.75) is 38.4 Å². The van der Waals surface area contributed by atoms with Crippen molar-refractivity contribution in [3.05, 3.63) is 24.3 Å². The first-order chi connectivity index (χ1) is 13.5. The van der Waals surface area contributed by atoms with Crippen LogP contribution in [0.2, 0.25) is 0 Å². The Hall–Kier alpha value is -2.75. The van der Waals surface area contributed by atoms with Gasteiger partial charge in [-0.25, -0.2) is 4.68 Å². The molecular formula is C18H26N6O3S. The fourth-order valence-electron chi connectivity index (χ4n) is 2.32. The highest BCUT2D eigenvalue weighted by atomic mass is 32.2. The first-order valence-electron chi connectivity index (χ1n) is 9.09. The van der Waals surface area contributed by atoms with Crippen molar-refractivity contribution < 1.29 is 14.3 Å². The molecule has 4 N–H and O–H groups in total. The minimum Gasteiger partial charge on any atom is -0.494 e. The summed E-state index contributed by atoms with van der Waals surface area (Å²) >= 11 is 1.15. The standard InChI is InChI=1S/C18H26N6O3S/c1-4-10-20-17(26)12(3)21-15(25)11-28-18-23-22-16(24(18)19)13-6-8-14(9-7-13)27-5-2/h6-9,12H,4-5,10-11,19H2,1-3H3,(H,20,26)(H,21,25)/t12-/m1/s1. The number of ether oxygens (including phenoxy) is 1. The molecule has 0 aliphatic carbocycles. The first-order valence-corrected chi connectivity index (χ1v) is 10.1. The lowest BCUT2D eigenvalue weighted by Gasteiger charge is -2.13. The van der Waals surface area contributed by atoms with E-state index in [1.165, 1.54) is 4.68 Å². The van der Waals surface area contributed by atoms with Crippen molar-refractivity contribution in [1.29, 1.82) is 0 Å². The van der Waals surface area contributed by atoms with Gasteiger partial charge in [-0.2, -0.15) is 0 Å². The minimum absolute atomic E-state index is 0.0734. The van der Waals surface area contributed by atoms with Gasteiger partial charge < -0.3 is 21.2 Å². The molecule has 152 valence electrons. The smallest absolute Gasteiger partial charge is 0.242 e. The molecule has 0 aliphatic heterocycles. The molecule has 2 aromatic rings. The van der Waals surface area contributed by atoms with Crippen LogP contribution in [0.1, 0.15) is 27.2 Å². The summed E-state index contributed by atoms with van der Waals surface area (Å²) in [5.74, 6) is 6.90. The number of hydrogen-bond donors (Lipinski definition) is 3. The molecule has 1 heterocycles. The molecule has 28 heavy (non-hydrogen) atoms. The Labute approximate surface area is 168 Å². The van der Waals surface area contributed by atoms with Gasteiger partial charge in [0, 0.05) is 12.1 Å². The number of carbonyl (C=O) groups is 2. The SMILES string of the molecule is CCCNC(=O)[C@@H](C)NC(=O)CSc1nnc(-c2ccc(OCC)cc2)n1N. The Morgan fingerprint density at radius 1 is 1.25 bits per heavy atom. The van der Waals surface area contributed by atoms with E-state index in [1.807, 2.05) is 38.1 Å². The number of thioether (sulfide) groups is 1. The van der Waals surface area contributed by atoms with E-state index in [0.717, 1.165) is 29.5 Å². The third kappa shape index (κ3) is 5.88. The van der Waals surface area contributed by atoms with Crippen molar-refractivity contribution in [2.24, 2.45) is 0 Å². The lowest BCUT2D eigenvalue weighted by molar-refractivity contribution is -0.127. The van der Waals surface area contributed by atoms with Gasteiger partial charge in [-0.15, -0.1) is 10.2 Å². The molecule has 0 spiro atoms. The van der Waals surface area contributed by atoms with Gasteiger partial charge in [0.15, 0.2) is 5.82 Å². The number of hydrogen-bond acceptors (Lipinski definition) is 7. The summed E-state index contributed by atoms with van der Waals surface area (Å²) in [7, 11) is 0. The lowest BCUT2D eigenvalue weighted by atomic mass is 10.2. The van der Waals surface area contributed by atoms with Crippen LogP contribution in [0, 0.1) is 0 Å². The molecule has 1 aromatic carbocycles. The van der Waals surface area contributed by atoms with Gasteiger partial charge in [0.2, 0.25) is 17.0 Å². The first kappa shape index (κ1) is 21.5. The average Bonchev–Trinajstić information content (AvgIpc) is 3.05. The molecular weight excluding hydrogens is 380 g/mol. The van der Waals surface area contributed by atoms with E-state index in [0.29, 0.717) is 24.1 Å². The van der Waals surface area contributed by atoms with E-state index < -0.39 is 6.04 Å². The molecule has 0 saturated carbocycles. The van der Waals surface area contributed by atoms with Crippen LogP contribution in [0.4, 0.5) is 0 Å². The van der Waals surface area contributed by atoms with Crippen LogP contribution in [0.5, 0.6) is 5.75 Å². The molecule has 1 atom stereocenters. The van der Waals surface area contributed by atoms with Crippen molar-refractivity contribution in [1.82, 2.24) is 25.5 Å². The van der Waals surface area contributed by atoms with Crippen molar-refractivity contribution >= 4 is 23.6 Å². The Morgan fingerprint density at radius 3 is 2.61 bits per heavy atom. The second kappa shape index (κ2) is 10.5. The maximum Gasteiger partial charge on any atom is 0.242 e. The van der Waals surface area contributed by atoms with Crippen LogP contribution in [0.15, 0.2) is 29.4 Å². The third-order valence-corrected chi connectivity index (χ3v) is 4.68. The Morgan fingerprint density at radius 2 is 1.96 bits per heavy atom. The summed E-state index contributed by atoms with van der Waals surface area (Å²) in [6.45, 7) is 6.70. The van der Waals surface area contributed by atoms with E-state index >= 15 is 0 Å². The average molecular weight is 407 g/mol. The number of nitrogen functional groups attached to an aromatic ring is 1.